The molecular weight excluding hydrogens is 204 g/mol. The third-order valence-corrected chi connectivity index (χ3v) is 3.16. The predicted octanol–water partition coefficient (Wildman–Crippen LogP) is 5.59. The number of hydrogen-bond donors (Lipinski definition) is 0. The van der Waals surface area contributed by atoms with Crippen molar-refractivity contribution in [1.82, 2.24) is 0 Å². The molecule has 0 amide bonds. The van der Waals surface area contributed by atoms with E-state index >= 15 is 0 Å². The van der Waals surface area contributed by atoms with Crippen molar-refractivity contribution in [3.8, 4) is 0 Å². The van der Waals surface area contributed by atoms with Crippen LogP contribution in [0.4, 0.5) is 0 Å². The van der Waals surface area contributed by atoms with Crippen LogP contribution in [0.15, 0.2) is 46.6 Å². The van der Waals surface area contributed by atoms with Gasteiger partial charge in [-0.1, -0.05) is 43.7 Å². The van der Waals surface area contributed by atoms with Gasteiger partial charge in [-0.25, -0.2) is 0 Å². The zero-order valence-corrected chi connectivity index (χ0v) is 12.0. The van der Waals surface area contributed by atoms with Gasteiger partial charge in [0.15, 0.2) is 0 Å². The van der Waals surface area contributed by atoms with Gasteiger partial charge in [-0.3, -0.25) is 0 Å². The lowest BCUT2D eigenvalue weighted by molar-refractivity contribution is 0.771. The number of allylic oxidation sites excluding steroid dienone is 8. The van der Waals surface area contributed by atoms with Crippen molar-refractivity contribution < 1.29 is 0 Å². The summed E-state index contributed by atoms with van der Waals surface area (Å²) in [5.74, 6) is 0.641. The zero-order valence-electron chi connectivity index (χ0n) is 12.0. The number of rotatable bonds is 3. The van der Waals surface area contributed by atoms with E-state index < -0.39 is 0 Å². The Labute approximate surface area is 107 Å². The fourth-order valence-corrected chi connectivity index (χ4v) is 2.04. The van der Waals surface area contributed by atoms with Gasteiger partial charge in [0, 0.05) is 0 Å². The van der Waals surface area contributed by atoms with Gasteiger partial charge in [0.25, 0.3) is 0 Å². The van der Waals surface area contributed by atoms with Crippen LogP contribution in [0.25, 0.3) is 0 Å². The van der Waals surface area contributed by atoms with Gasteiger partial charge in [0.2, 0.25) is 0 Å². The molecule has 0 radical (unpaired) electrons. The monoisotopic (exact) mass is 230 g/mol. The lowest BCUT2D eigenvalue weighted by Gasteiger charge is -2.18. The molecule has 0 nitrogen and oxygen atoms in total. The third kappa shape index (κ3) is 4.77. The first-order chi connectivity index (χ1) is 8.00. The molecular formula is C17H26. The van der Waals surface area contributed by atoms with Crippen molar-refractivity contribution >= 4 is 0 Å². The lowest BCUT2D eigenvalue weighted by atomic mass is 9.87. The smallest absolute Gasteiger partial charge is 0.0273 e. The van der Waals surface area contributed by atoms with Crippen LogP contribution in [-0.4, -0.2) is 0 Å². The molecule has 0 heteroatoms. The summed E-state index contributed by atoms with van der Waals surface area (Å²) in [6, 6.07) is 0. The minimum atomic E-state index is 0.641. The van der Waals surface area contributed by atoms with Gasteiger partial charge >= 0.3 is 0 Å². The molecule has 0 heterocycles. The highest BCUT2D eigenvalue weighted by atomic mass is 14.2. The second kappa shape index (κ2) is 6.64. The molecule has 0 spiro atoms. The fraction of sp³-hybridized carbons (Fsp3) is 0.529. The number of hydrogen-bond acceptors (Lipinski definition) is 0. The second-order valence-corrected chi connectivity index (χ2v) is 5.54. The molecule has 0 aliphatic heterocycles. The molecule has 1 rings (SSSR count). The Morgan fingerprint density at radius 3 is 2.47 bits per heavy atom. The van der Waals surface area contributed by atoms with Crippen LogP contribution in [0.5, 0.6) is 0 Å². The summed E-state index contributed by atoms with van der Waals surface area (Å²) in [5, 5.41) is 0. The van der Waals surface area contributed by atoms with Gasteiger partial charge in [0.05, 0.1) is 0 Å². The maximum absolute atomic E-state index is 2.33. The maximum atomic E-state index is 2.33. The lowest BCUT2D eigenvalue weighted by Crippen LogP contribution is -1.99. The van der Waals surface area contributed by atoms with Gasteiger partial charge in [-0.15, -0.1) is 0 Å². The quantitative estimate of drug-likeness (QED) is 0.592. The van der Waals surface area contributed by atoms with Crippen LogP contribution in [0.2, 0.25) is 0 Å². The molecule has 0 saturated carbocycles. The Morgan fingerprint density at radius 1 is 1.18 bits per heavy atom. The molecule has 0 unspecified atom stereocenters. The third-order valence-electron chi connectivity index (χ3n) is 3.16. The highest BCUT2D eigenvalue weighted by Gasteiger charge is 2.11. The molecule has 0 saturated heterocycles. The SMILES string of the molecule is CC(C)=C/C=C1\CCCC(/C=C/C(C)C)=C1C. The van der Waals surface area contributed by atoms with E-state index in [4.69, 9.17) is 0 Å². The fourth-order valence-electron chi connectivity index (χ4n) is 2.04. The largest absolute Gasteiger partial charge is 0.0817 e. The predicted molar refractivity (Wildman–Crippen MR) is 78.0 cm³/mol. The first-order valence-corrected chi connectivity index (χ1v) is 6.73. The molecule has 0 atom stereocenters. The van der Waals surface area contributed by atoms with Crippen LogP contribution in [0.3, 0.4) is 0 Å². The van der Waals surface area contributed by atoms with E-state index in [0.717, 1.165) is 0 Å². The molecule has 0 bridgehead atoms. The Hall–Kier alpha value is -1.04. The molecule has 0 aromatic heterocycles. The van der Waals surface area contributed by atoms with E-state index in [2.05, 4.69) is 58.9 Å². The second-order valence-electron chi connectivity index (χ2n) is 5.54. The van der Waals surface area contributed by atoms with Gasteiger partial charge in [-0.05, 0) is 62.7 Å². The highest BCUT2D eigenvalue weighted by Crippen LogP contribution is 2.30. The standard InChI is InChI=1S/C17H26/c1-13(2)9-11-16-7-6-8-17(15(16)5)12-10-14(3)4/h9-13H,6-8H2,1-5H3/b11-9+,17-12+. The molecule has 17 heavy (non-hydrogen) atoms. The summed E-state index contributed by atoms with van der Waals surface area (Å²) in [5.41, 5.74) is 5.90. The summed E-state index contributed by atoms with van der Waals surface area (Å²) in [4.78, 5) is 0. The molecule has 1 aliphatic rings. The summed E-state index contributed by atoms with van der Waals surface area (Å²) < 4.78 is 0. The minimum Gasteiger partial charge on any atom is -0.0817 e. The van der Waals surface area contributed by atoms with Gasteiger partial charge in [0.1, 0.15) is 0 Å². The Bertz CT molecular complexity index is 369. The van der Waals surface area contributed by atoms with Gasteiger partial charge < -0.3 is 0 Å². The molecule has 1 aliphatic carbocycles. The van der Waals surface area contributed by atoms with Crippen LogP contribution in [0, 0.1) is 5.92 Å². The topological polar surface area (TPSA) is 0 Å². The minimum absolute atomic E-state index is 0.641. The summed E-state index contributed by atoms with van der Waals surface area (Å²) in [7, 11) is 0. The Kier molecular flexibility index (Phi) is 5.47. The summed E-state index contributed by atoms with van der Waals surface area (Å²) >= 11 is 0. The van der Waals surface area contributed by atoms with Crippen LogP contribution >= 0.6 is 0 Å². The van der Waals surface area contributed by atoms with E-state index in [9.17, 15) is 0 Å². The summed E-state index contributed by atoms with van der Waals surface area (Å²) in [6.07, 6.45) is 12.9. The summed E-state index contributed by atoms with van der Waals surface area (Å²) in [6.45, 7) is 11.0. The van der Waals surface area contributed by atoms with Crippen LogP contribution < -0.4 is 0 Å². The first-order valence-electron chi connectivity index (χ1n) is 6.73. The average molecular weight is 230 g/mol. The van der Waals surface area contributed by atoms with E-state index in [-0.39, 0.29) is 0 Å². The first kappa shape index (κ1) is 14.0. The van der Waals surface area contributed by atoms with E-state index in [1.54, 1.807) is 0 Å². The normalized spacial score (nSPS) is 19.5. The van der Waals surface area contributed by atoms with Crippen molar-refractivity contribution in [1.29, 1.82) is 0 Å². The maximum Gasteiger partial charge on any atom is -0.0273 e. The van der Waals surface area contributed by atoms with Crippen molar-refractivity contribution in [3.63, 3.8) is 0 Å². The van der Waals surface area contributed by atoms with Crippen molar-refractivity contribution in [2.45, 2.75) is 53.9 Å². The van der Waals surface area contributed by atoms with E-state index in [0.29, 0.717) is 5.92 Å². The Balaban J connectivity index is 2.93. The molecule has 0 fully saturated rings. The molecule has 94 valence electrons. The van der Waals surface area contributed by atoms with Crippen LogP contribution in [0.1, 0.15) is 53.9 Å². The Morgan fingerprint density at radius 2 is 1.88 bits per heavy atom. The van der Waals surface area contributed by atoms with E-state index in [1.807, 2.05) is 0 Å². The van der Waals surface area contributed by atoms with E-state index in [1.165, 1.54) is 41.6 Å². The van der Waals surface area contributed by atoms with Crippen molar-refractivity contribution in [2.75, 3.05) is 0 Å². The van der Waals surface area contributed by atoms with Crippen molar-refractivity contribution in [3.05, 3.63) is 46.6 Å². The molecule has 0 aromatic rings. The molecule has 0 aromatic carbocycles. The zero-order chi connectivity index (χ0) is 12.8. The van der Waals surface area contributed by atoms with Crippen LogP contribution in [-0.2, 0) is 0 Å². The molecule has 0 N–H and O–H groups in total. The average Bonchev–Trinajstić information content (AvgIpc) is 2.25. The van der Waals surface area contributed by atoms with Gasteiger partial charge in [-0.2, -0.15) is 0 Å². The highest BCUT2D eigenvalue weighted by molar-refractivity contribution is 5.43. The van der Waals surface area contributed by atoms with Crippen molar-refractivity contribution in [2.24, 2.45) is 5.92 Å².